The Kier molecular flexibility index (Phi) is 4.08. The molecule has 0 spiro atoms. The quantitative estimate of drug-likeness (QED) is 0.906. The van der Waals surface area contributed by atoms with Gasteiger partial charge in [-0.3, -0.25) is 9.52 Å². The van der Waals surface area contributed by atoms with Gasteiger partial charge in [0.15, 0.2) is 0 Å². The standard InChI is InChI=1S/C12H10Cl2N2O3S/c1-7-4-10(14)11(5-9(7)13)16-20(18,19)8-2-3-12(17)15-6-8/h2-6,16H,1H3,(H,15,17). The number of hydrogen-bond donors (Lipinski definition) is 2. The van der Waals surface area contributed by atoms with E-state index in [9.17, 15) is 13.2 Å². The van der Waals surface area contributed by atoms with E-state index in [-0.39, 0.29) is 21.2 Å². The monoisotopic (exact) mass is 332 g/mol. The van der Waals surface area contributed by atoms with Crippen LogP contribution in [0.25, 0.3) is 0 Å². The van der Waals surface area contributed by atoms with Crippen LogP contribution in [0.15, 0.2) is 40.2 Å². The minimum absolute atomic E-state index is 0.0788. The van der Waals surface area contributed by atoms with Crippen LogP contribution in [-0.4, -0.2) is 13.4 Å². The van der Waals surface area contributed by atoms with Crippen molar-refractivity contribution in [1.82, 2.24) is 4.98 Å². The van der Waals surface area contributed by atoms with Gasteiger partial charge in [0.1, 0.15) is 4.90 Å². The number of halogens is 2. The number of hydrogen-bond acceptors (Lipinski definition) is 3. The van der Waals surface area contributed by atoms with Crippen LogP contribution >= 0.6 is 23.2 Å². The van der Waals surface area contributed by atoms with Crippen molar-refractivity contribution < 1.29 is 8.42 Å². The predicted molar refractivity (Wildman–Crippen MR) is 79.1 cm³/mol. The molecule has 0 amide bonds. The molecule has 0 saturated heterocycles. The molecular weight excluding hydrogens is 323 g/mol. The zero-order valence-corrected chi connectivity index (χ0v) is 12.6. The second-order valence-corrected chi connectivity index (χ2v) is 6.57. The fourth-order valence-corrected chi connectivity index (χ4v) is 3.01. The van der Waals surface area contributed by atoms with Crippen LogP contribution in [0.4, 0.5) is 5.69 Å². The molecule has 0 bridgehead atoms. The predicted octanol–water partition coefficient (Wildman–Crippen LogP) is 2.79. The molecule has 2 N–H and O–H groups in total. The molecule has 0 aliphatic heterocycles. The van der Waals surface area contributed by atoms with Crippen molar-refractivity contribution in [2.45, 2.75) is 11.8 Å². The zero-order valence-electron chi connectivity index (χ0n) is 10.3. The van der Waals surface area contributed by atoms with Gasteiger partial charge < -0.3 is 4.98 Å². The summed E-state index contributed by atoms with van der Waals surface area (Å²) < 4.78 is 26.6. The number of aryl methyl sites for hydroxylation is 1. The van der Waals surface area contributed by atoms with Gasteiger partial charge in [-0.2, -0.15) is 0 Å². The molecule has 0 unspecified atom stereocenters. The first-order valence-electron chi connectivity index (χ1n) is 5.47. The summed E-state index contributed by atoms with van der Waals surface area (Å²) in [4.78, 5) is 13.1. The minimum Gasteiger partial charge on any atom is -0.328 e. The third kappa shape index (κ3) is 3.15. The third-order valence-electron chi connectivity index (χ3n) is 2.56. The molecule has 106 valence electrons. The first-order valence-corrected chi connectivity index (χ1v) is 7.71. The van der Waals surface area contributed by atoms with E-state index in [0.29, 0.717) is 5.02 Å². The van der Waals surface area contributed by atoms with E-state index in [2.05, 4.69) is 9.71 Å². The second-order valence-electron chi connectivity index (χ2n) is 4.08. The number of sulfonamides is 1. The minimum atomic E-state index is -3.85. The highest BCUT2D eigenvalue weighted by molar-refractivity contribution is 7.92. The Morgan fingerprint density at radius 1 is 1.15 bits per heavy atom. The van der Waals surface area contributed by atoms with Crippen LogP contribution in [0, 0.1) is 6.92 Å². The lowest BCUT2D eigenvalue weighted by Crippen LogP contribution is -2.15. The Morgan fingerprint density at radius 2 is 1.85 bits per heavy atom. The molecule has 8 heteroatoms. The van der Waals surface area contributed by atoms with Gasteiger partial charge in [-0.25, -0.2) is 8.42 Å². The van der Waals surface area contributed by atoms with Gasteiger partial charge in [-0.1, -0.05) is 23.2 Å². The summed E-state index contributed by atoms with van der Waals surface area (Å²) in [6.07, 6.45) is 1.11. The van der Waals surface area contributed by atoms with Gasteiger partial charge in [0.05, 0.1) is 10.7 Å². The molecule has 0 saturated carbocycles. The van der Waals surface area contributed by atoms with Gasteiger partial charge in [-0.05, 0) is 30.7 Å². The Morgan fingerprint density at radius 3 is 2.45 bits per heavy atom. The average molecular weight is 333 g/mol. The summed E-state index contributed by atoms with van der Waals surface area (Å²) in [6.45, 7) is 1.76. The highest BCUT2D eigenvalue weighted by Crippen LogP contribution is 2.30. The van der Waals surface area contributed by atoms with E-state index in [1.54, 1.807) is 13.0 Å². The van der Waals surface area contributed by atoms with Crippen molar-refractivity contribution >= 4 is 38.9 Å². The second kappa shape index (κ2) is 5.47. The smallest absolute Gasteiger partial charge is 0.263 e. The van der Waals surface area contributed by atoms with Crippen molar-refractivity contribution in [2.24, 2.45) is 0 Å². The number of H-pyrrole nitrogens is 1. The van der Waals surface area contributed by atoms with Gasteiger partial charge in [0.25, 0.3) is 10.0 Å². The average Bonchev–Trinajstić information content (AvgIpc) is 2.36. The van der Waals surface area contributed by atoms with Crippen LogP contribution in [0.3, 0.4) is 0 Å². The summed E-state index contributed by atoms with van der Waals surface area (Å²) >= 11 is 11.9. The van der Waals surface area contributed by atoms with Gasteiger partial charge in [0, 0.05) is 17.3 Å². The first-order chi connectivity index (χ1) is 9.29. The lowest BCUT2D eigenvalue weighted by molar-refractivity contribution is 0.600. The van der Waals surface area contributed by atoms with Crippen LogP contribution in [-0.2, 0) is 10.0 Å². The summed E-state index contributed by atoms with van der Waals surface area (Å²) in [6, 6.07) is 5.32. The molecule has 1 aromatic heterocycles. The lowest BCUT2D eigenvalue weighted by Gasteiger charge is -2.11. The van der Waals surface area contributed by atoms with E-state index in [4.69, 9.17) is 23.2 Å². The number of anilines is 1. The maximum Gasteiger partial charge on any atom is 0.263 e. The van der Waals surface area contributed by atoms with Crippen molar-refractivity contribution in [3.63, 3.8) is 0 Å². The third-order valence-corrected chi connectivity index (χ3v) is 4.64. The molecule has 0 aliphatic carbocycles. The van der Waals surface area contributed by atoms with Crippen LogP contribution in [0.2, 0.25) is 10.0 Å². The normalized spacial score (nSPS) is 11.3. The fraction of sp³-hybridized carbons (Fsp3) is 0.0833. The summed E-state index contributed by atoms with van der Waals surface area (Å²) in [5.41, 5.74) is 0.525. The first kappa shape index (κ1) is 14.9. The topological polar surface area (TPSA) is 79.0 Å². The SMILES string of the molecule is Cc1cc(Cl)c(NS(=O)(=O)c2ccc(=O)[nH]c2)cc1Cl. The zero-order chi connectivity index (χ0) is 14.9. The van der Waals surface area contributed by atoms with Crippen molar-refractivity contribution in [2.75, 3.05) is 4.72 Å². The Hall–Kier alpha value is -1.50. The van der Waals surface area contributed by atoms with E-state index in [1.165, 1.54) is 12.1 Å². The number of nitrogens with one attached hydrogen (secondary N) is 2. The van der Waals surface area contributed by atoms with E-state index in [1.807, 2.05) is 0 Å². The van der Waals surface area contributed by atoms with Crippen LogP contribution < -0.4 is 10.3 Å². The van der Waals surface area contributed by atoms with Gasteiger partial charge in [0.2, 0.25) is 5.56 Å². The molecule has 0 fully saturated rings. The molecule has 20 heavy (non-hydrogen) atoms. The Labute approximate surface area is 125 Å². The number of benzene rings is 1. The molecule has 1 aromatic carbocycles. The maximum atomic E-state index is 12.1. The molecule has 2 aromatic rings. The summed E-state index contributed by atoms with van der Waals surface area (Å²) in [5, 5.41) is 0.633. The largest absolute Gasteiger partial charge is 0.328 e. The highest BCUT2D eigenvalue weighted by atomic mass is 35.5. The molecular formula is C12H10Cl2N2O3S. The fourth-order valence-electron chi connectivity index (χ4n) is 1.49. The molecule has 5 nitrogen and oxygen atoms in total. The van der Waals surface area contributed by atoms with Gasteiger partial charge in [-0.15, -0.1) is 0 Å². The summed E-state index contributed by atoms with van der Waals surface area (Å²) in [7, 11) is -3.85. The van der Waals surface area contributed by atoms with E-state index in [0.717, 1.165) is 17.8 Å². The molecule has 2 rings (SSSR count). The summed E-state index contributed by atoms with van der Waals surface area (Å²) in [5.74, 6) is 0. The van der Waals surface area contributed by atoms with E-state index < -0.39 is 10.0 Å². The lowest BCUT2D eigenvalue weighted by atomic mass is 10.2. The Bertz CT molecular complexity index is 795. The molecule has 0 atom stereocenters. The number of rotatable bonds is 3. The van der Waals surface area contributed by atoms with Crippen molar-refractivity contribution in [1.29, 1.82) is 0 Å². The number of pyridine rings is 1. The molecule has 1 heterocycles. The molecule has 0 radical (unpaired) electrons. The van der Waals surface area contributed by atoms with Gasteiger partial charge >= 0.3 is 0 Å². The maximum absolute atomic E-state index is 12.1. The highest BCUT2D eigenvalue weighted by Gasteiger charge is 2.16. The van der Waals surface area contributed by atoms with Crippen molar-refractivity contribution in [3.05, 3.63) is 56.4 Å². The van der Waals surface area contributed by atoms with E-state index >= 15 is 0 Å². The Balaban J connectivity index is 2.40. The van der Waals surface area contributed by atoms with Crippen LogP contribution in [0.1, 0.15) is 5.56 Å². The number of aromatic nitrogens is 1. The van der Waals surface area contributed by atoms with Crippen LogP contribution in [0.5, 0.6) is 0 Å². The number of aromatic amines is 1. The molecule has 0 aliphatic rings. The van der Waals surface area contributed by atoms with Crippen molar-refractivity contribution in [3.8, 4) is 0 Å².